The fourth-order valence-electron chi connectivity index (χ4n) is 3.15. The molecule has 108 valence electrons. The predicted molar refractivity (Wildman–Crippen MR) is 87.1 cm³/mol. The maximum Gasteiger partial charge on any atom is 0.0399 e. The van der Waals surface area contributed by atoms with Gasteiger partial charge in [-0.15, -0.1) is 24.8 Å². The zero-order valence-corrected chi connectivity index (χ0v) is 12.9. The van der Waals surface area contributed by atoms with Crippen LogP contribution in [0.1, 0.15) is 31.2 Å². The van der Waals surface area contributed by atoms with Gasteiger partial charge in [0, 0.05) is 24.8 Å². The summed E-state index contributed by atoms with van der Waals surface area (Å²) in [5.41, 5.74) is 3.01. The lowest BCUT2D eigenvalue weighted by molar-refractivity contribution is 0.397. The quantitative estimate of drug-likeness (QED) is 0.900. The third-order valence-electron chi connectivity index (χ3n) is 4.06. The van der Waals surface area contributed by atoms with Gasteiger partial charge in [-0.25, -0.2) is 0 Å². The zero-order chi connectivity index (χ0) is 11.5. The first-order valence-corrected chi connectivity index (χ1v) is 7.00. The van der Waals surface area contributed by atoms with Crippen molar-refractivity contribution in [1.82, 2.24) is 5.32 Å². The van der Waals surface area contributed by atoms with Crippen molar-refractivity contribution >= 4 is 30.5 Å². The number of anilines is 1. The average Bonchev–Trinajstić information content (AvgIpc) is 2.40. The van der Waals surface area contributed by atoms with E-state index in [1.54, 1.807) is 0 Å². The molecule has 1 unspecified atom stereocenters. The van der Waals surface area contributed by atoms with Gasteiger partial charge in [0.1, 0.15) is 0 Å². The Morgan fingerprint density at radius 2 is 1.95 bits per heavy atom. The van der Waals surface area contributed by atoms with Crippen LogP contribution in [-0.4, -0.2) is 25.7 Å². The van der Waals surface area contributed by atoms with Crippen LogP contribution in [0.5, 0.6) is 0 Å². The van der Waals surface area contributed by atoms with Gasteiger partial charge in [-0.3, -0.25) is 0 Å². The van der Waals surface area contributed by atoms with Gasteiger partial charge < -0.3 is 10.2 Å². The number of benzene rings is 1. The monoisotopic (exact) mass is 302 g/mol. The molecular weight excluding hydrogens is 279 g/mol. The number of halogens is 2. The number of hydrogen-bond acceptors (Lipinski definition) is 2. The summed E-state index contributed by atoms with van der Waals surface area (Å²) in [6.45, 7) is 3.63. The minimum Gasteiger partial charge on any atom is -0.370 e. The summed E-state index contributed by atoms with van der Waals surface area (Å²) in [4.78, 5) is 2.59. The Balaban J connectivity index is 0.000000902. The van der Waals surface area contributed by atoms with E-state index in [4.69, 9.17) is 0 Å². The standard InChI is InChI=1S/C15H22N2.2ClH/c1-2-9-15-13(6-1)7-5-11-17(15)12-14-8-3-4-10-16-14;;/h1-2,6,9,14,16H,3-5,7-8,10-12H2;2*1H. The van der Waals surface area contributed by atoms with Crippen molar-refractivity contribution in [3.05, 3.63) is 29.8 Å². The Morgan fingerprint density at radius 1 is 1.11 bits per heavy atom. The normalized spacial score (nSPS) is 21.9. The SMILES string of the molecule is Cl.Cl.c1ccc2c(c1)CCCN2CC1CCCCN1. The second kappa shape index (κ2) is 7.98. The van der Waals surface area contributed by atoms with E-state index in [0.717, 1.165) is 0 Å². The van der Waals surface area contributed by atoms with Crippen LogP contribution in [0, 0.1) is 0 Å². The molecule has 1 N–H and O–H groups in total. The highest BCUT2D eigenvalue weighted by Crippen LogP contribution is 2.27. The second-order valence-electron chi connectivity index (χ2n) is 5.33. The van der Waals surface area contributed by atoms with Crippen LogP contribution < -0.4 is 10.2 Å². The molecule has 4 heteroatoms. The minimum atomic E-state index is 0. The largest absolute Gasteiger partial charge is 0.370 e. The Labute approximate surface area is 128 Å². The highest BCUT2D eigenvalue weighted by atomic mass is 35.5. The van der Waals surface area contributed by atoms with E-state index in [1.165, 1.54) is 63.0 Å². The van der Waals surface area contributed by atoms with E-state index in [0.29, 0.717) is 6.04 Å². The zero-order valence-electron chi connectivity index (χ0n) is 11.3. The summed E-state index contributed by atoms with van der Waals surface area (Å²) in [6.07, 6.45) is 6.66. The minimum absolute atomic E-state index is 0. The summed E-state index contributed by atoms with van der Waals surface area (Å²) in [5.74, 6) is 0. The van der Waals surface area contributed by atoms with Crippen LogP contribution in [0.15, 0.2) is 24.3 Å². The number of hydrogen-bond donors (Lipinski definition) is 1. The van der Waals surface area contributed by atoms with Gasteiger partial charge in [0.2, 0.25) is 0 Å². The highest BCUT2D eigenvalue weighted by molar-refractivity contribution is 5.85. The van der Waals surface area contributed by atoms with Crippen molar-refractivity contribution in [3.63, 3.8) is 0 Å². The fraction of sp³-hybridized carbons (Fsp3) is 0.600. The number of nitrogens with zero attached hydrogens (tertiary/aromatic N) is 1. The van der Waals surface area contributed by atoms with Crippen molar-refractivity contribution in [2.75, 3.05) is 24.5 Å². The lowest BCUT2D eigenvalue weighted by Crippen LogP contribution is -2.45. The van der Waals surface area contributed by atoms with E-state index in [2.05, 4.69) is 34.5 Å². The smallest absolute Gasteiger partial charge is 0.0399 e. The molecule has 1 aromatic carbocycles. The summed E-state index contributed by atoms with van der Waals surface area (Å²) in [7, 11) is 0. The molecule has 0 aromatic heterocycles. The maximum atomic E-state index is 3.66. The van der Waals surface area contributed by atoms with Gasteiger partial charge >= 0.3 is 0 Å². The average molecular weight is 303 g/mol. The van der Waals surface area contributed by atoms with Gasteiger partial charge in [-0.2, -0.15) is 0 Å². The lowest BCUT2D eigenvalue weighted by atomic mass is 9.99. The third-order valence-corrected chi connectivity index (χ3v) is 4.06. The molecule has 0 radical (unpaired) electrons. The van der Waals surface area contributed by atoms with E-state index < -0.39 is 0 Å². The van der Waals surface area contributed by atoms with Gasteiger partial charge in [0.05, 0.1) is 0 Å². The molecule has 19 heavy (non-hydrogen) atoms. The molecule has 0 saturated carbocycles. The molecule has 3 rings (SSSR count). The van der Waals surface area contributed by atoms with Crippen molar-refractivity contribution in [3.8, 4) is 0 Å². The topological polar surface area (TPSA) is 15.3 Å². The molecular formula is C15H24Cl2N2. The number of nitrogens with one attached hydrogen (secondary N) is 1. The summed E-state index contributed by atoms with van der Waals surface area (Å²) in [6, 6.07) is 9.62. The van der Waals surface area contributed by atoms with E-state index >= 15 is 0 Å². The fourth-order valence-corrected chi connectivity index (χ4v) is 3.15. The Morgan fingerprint density at radius 3 is 2.74 bits per heavy atom. The molecule has 0 spiro atoms. The highest BCUT2D eigenvalue weighted by Gasteiger charge is 2.20. The van der Waals surface area contributed by atoms with Gasteiger partial charge in [0.15, 0.2) is 0 Å². The molecule has 0 amide bonds. The predicted octanol–water partition coefficient (Wildman–Crippen LogP) is 3.42. The number of para-hydroxylation sites is 1. The van der Waals surface area contributed by atoms with Crippen LogP contribution in [0.3, 0.4) is 0 Å². The molecule has 1 aromatic rings. The molecule has 1 fully saturated rings. The number of piperidine rings is 1. The van der Waals surface area contributed by atoms with Gasteiger partial charge in [-0.05, 0) is 43.9 Å². The first-order valence-electron chi connectivity index (χ1n) is 7.00. The molecule has 2 nitrogen and oxygen atoms in total. The van der Waals surface area contributed by atoms with Crippen molar-refractivity contribution in [2.45, 2.75) is 38.1 Å². The number of aryl methyl sites for hydroxylation is 1. The van der Waals surface area contributed by atoms with Crippen LogP contribution in [-0.2, 0) is 6.42 Å². The van der Waals surface area contributed by atoms with Crippen molar-refractivity contribution in [1.29, 1.82) is 0 Å². The Kier molecular flexibility index (Phi) is 6.98. The summed E-state index contributed by atoms with van der Waals surface area (Å²) in [5, 5.41) is 3.66. The van der Waals surface area contributed by atoms with E-state index in [9.17, 15) is 0 Å². The molecule has 0 bridgehead atoms. The second-order valence-corrected chi connectivity index (χ2v) is 5.33. The molecule has 2 aliphatic heterocycles. The Bertz CT molecular complexity index is 378. The van der Waals surface area contributed by atoms with Crippen LogP contribution >= 0.6 is 24.8 Å². The van der Waals surface area contributed by atoms with Crippen LogP contribution in [0.2, 0.25) is 0 Å². The number of fused-ring (bicyclic) bond motifs is 1. The van der Waals surface area contributed by atoms with Crippen LogP contribution in [0.25, 0.3) is 0 Å². The molecule has 0 aliphatic carbocycles. The molecule has 1 saturated heterocycles. The number of rotatable bonds is 2. The van der Waals surface area contributed by atoms with E-state index in [1.807, 2.05) is 0 Å². The van der Waals surface area contributed by atoms with Crippen molar-refractivity contribution in [2.24, 2.45) is 0 Å². The lowest BCUT2D eigenvalue weighted by Gasteiger charge is -2.35. The van der Waals surface area contributed by atoms with Gasteiger partial charge in [0.25, 0.3) is 0 Å². The van der Waals surface area contributed by atoms with E-state index in [-0.39, 0.29) is 24.8 Å². The summed E-state index contributed by atoms with van der Waals surface area (Å²) >= 11 is 0. The molecule has 2 heterocycles. The molecule has 2 aliphatic rings. The molecule has 1 atom stereocenters. The first-order chi connectivity index (χ1) is 8.43. The third kappa shape index (κ3) is 4.01. The van der Waals surface area contributed by atoms with Crippen molar-refractivity contribution < 1.29 is 0 Å². The summed E-state index contributed by atoms with van der Waals surface area (Å²) < 4.78 is 0. The maximum absolute atomic E-state index is 3.66. The van der Waals surface area contributed by atoms with Crippen LogP contribution in [0.4, 0.5) is 5.69 Å². The first kappa shape index (κ1) is 16.6. The Hall–Kier alpha value is -0.440. The van der Waals surface area contributed by atoms with Gasteiger partial charge in [-0.1, -0.05) is 24.6 Å².